The number of fused-ring (bicyclic) bond motifs is 1. The second-order valence-corrected chi connectivity index (χ2v) is 8.32. The van der Waals surface area contributed by atoms with Crippen LogP contribution in [0.15, 0.2) is 29.8 Å². The highest BCUT2D eigenvalue weighted by Gasteiger charge is 2.52. The van der Waals surface area contributed by atoms with Gasteiger partial charge < -0.3 is 15.7 Å². The normalized spacial score (nSPS) is 25.3. The quantitative estimate of drug-likeness (QED) is 0.800. The number of hydrogen-bond acceptors (Lipinski definition) is 9. The Balaban J connectivity index is 1.75. The first-order chi connectivity index (χ1) is 12.8. The average molecular weight is 389 g/mol. The Hall–Kier alpha value is -2.33. The summed E-state index contributed by atoms with van der Waals surface area (Å²) in [6, 6.07) is 0. The Bertz CT molecular complexity index is 889. The molecule has 2 aromatic heterocycles. The largest absolute Gasteiger partial charge is 0.384 e. The second kappa shape index (κ2) is 6.38. The number of hydrogen-bond donors (Lipinski definition) is 2. The Labute approximate surface area is 160 Å². The summed E-state index contributed by atoms with van der Waals surface area (Å²) in [5.74, 6) is 0.627. The summed E-state index contributed by atoms with van der Waals surface area (Å²) in [5, 5.41) is 10.7. The van der Waals surface area contributed by atoms with Crippen molar-refractivity contribution in [3.8, 4) is 0 Å². The number of aromatic nitrogens is 4. The van der Waals surface area contributed by atoms with Gasteiger partial charge in [0.05, 0.1) is 24.6 Å². The maximum absolute atomic E-state index is 14.1. The highest BCUT2D eigenvalue weighted by molar-refractivity contribution is 8.13. The van der Waals surface area contributed by atoms with E-state index in [0.717, 1.165) is 17.6 Å². The molecule has 1 fully saturated rings. The lowest BCUT2D eigenvalue weighted by molar-refractivity contribution is 0.0693. The molecule has 2 atom stereocenters. The number of anilines is 1. The van der Waals surface area contributed by atoms with Crippen LogP contribution in [0.4, 0.5) is 10.3 Å². The van der Waals surface area contributed by atoms with Crippen LogP contribution in [-0.4, -0.2) is 49.1 Å². The summed E-state index contributed by atoms with van der Waals surface area (Å²) in [7, 11) is 0. The van der Waals surface area contributed by atoms with Crippen molar-refractivity contribution in [2.24, 2.45) is 16.6 Å². The zero-order valence-corrected chi connectivity index (χ0v) is 15.8. The molecule has 142 valence electrons. The summed E-state index contributed by atoms with van der Waals surface area (Å²) < 4.78 is 14.1. The number of aliphatic imine (C=N–C) groups is 1. The van der Waals surface area contributed by atoms with Crippen LogP contribution in [0.2, 0.25) is 0 Å². The predicted molar refractivity (Wildman–Crippen MR) is 101 cm³/mol. The lowest BCUT2D eigenvalue weighted by Crippen LogP contribution is -2.40. The van der Waals surface area contributed by atoms with Gasteiger partial charge in [-0.25, -0.2) is 19.4 Å². The van der Waals surface area contributed by atoms with E-state index in [2.05, 4.69) is 19.9 Å². The Morgan fingerprint density at radius 2 is 2.15 bits per heavy atom. The van der Waals surface area contributed by atoms with E-state index < -0.39 is 17.0 Å². The maximum atomic E-state index is 14.1. The number of rotatable bonds is 3. The molecule has 3 N–H and O–H groups in total. The van der Waals surface area contributed by atoms with Crippen LogP contribution in [-0.2, 0) is 11.1 Å². The predicted octanol–water partition coefficient (Wildman–Crippen LogP) is 1.03. The minimum absolute atomic E-state index is 0.0340. The number of amidine groups is 1. The van der Waals surface area contributed by atoms with Gasteiger partial charge in [-0.05, 0) is 13.8 Å². The third kappa shape index (κ3) is 3.12. The van der Waals surface area contributed by atoms with E-state index in [0.29, 0.717) is 24.2 Å². The lowest BCUT2D eigenvalue weighted by atomic mass is 9.86. The van der Waals surface area contributed by atoms with Crippen molar-refractivity contribution >= 4 is 22.9 Å². The molecule has 27 heavy (non-hydrogen) atoms. The van der Waals surface area contributed by atoms with Gasteiger partial charge in [0.2, 0.25) is 5.95 Å². The maximum Gasteiger partial charge on any atom is 0.225 e. The number of nitrogens with zero attached hydrogens (tertiary/aromatic N) is 6. The number of nitrogens with two attached hydrogens (primary N) is 1. The molecule has 0 radical (unpaired) electrons. The second-order valence-electron chi connectivity index (χ2n) is 7.28. The van der Waals surface area contributed by atoms with Crippen LogP contribution in [0.1, 0.15) is 25.2 Å². The Kier molecular flexibility index (Phi) is 4.26. The Morgan fingerprint density at radius 3 is 2.85 bits per heavy atom. The molecular formula is C17H20FN7OS. The monoisotopic (exact) mass is 389 g/mol. The molecule has 2 aromatic rings. The van der Waals surface area contributed by atoms with Crippen molar-refractivity contribution < 1.29 is 9.50 Å². The minimum atomic E-state index is -1.41. The summed E-state index contributed by atoms with van der Waals surface area (Å²) >= 11 is 1.51. The van der Waals surface area contributed by atoms with Gasteiger partial charge in [-0.3, -0.25) is 9.97 Å². The van der Waals surface area contributed by atoms with Gasteiger partial charge in [0.25, 0.3) is 0 Å². The number of aliphatic hydroxyl groups is 1. The lowest BCUT2D eigenvalue weighted by Gasteiger charge is -2.33. The van der Waals surface area contributed by atoms with Gasteiger partial charge in [0.1, 0.15) is 16.8 Å². The van der Waals surface area contributed by atoms with Crippen molar-refractivity contribution in [2.75, 3.05) is 23.7 Å². The first kappa shape index (κ1) is 18.1. The molecule has 0 amide bonds. The van der Waals surface area contributed by atoms with Gasteiger partial charge in [0, 0.05) is 30.6 Å². The summed E-state index contributed by atoms with van der Waals surface area (Å²) in [6.07, 6.45) is 6.05. The zero-order chi connectivity index (χ0) is 19.2. The van der Waals surface area contributed by atoms with Gasteiger partial charge in [-0.1, -0.05) is 11.8 Å². The van der Waals surface area contributed by atoms with Crippen LogP contribution in [0.25, 0.3) is 0 Å². The molecule has 10 heteroatoms. The zero-order valence-electron chi connectivity index (χ0n) is 15.0. The molecule has 0 saturated carbocycles. The fraction of sp³-hybridized carbons (Fsp3) is 0.471. The van der Waals surface area contributed by atoms with Crippen LogP contribution in [0.3, 0.4) is 0 Å². The van der Waals surface area contributed by atoms with E-state index in [9.17, 15) is 9.50 Å². The smallest absolute Gasteiger partial charge is 0.225 e. The molecule has 4 rings (SSSR count). The van der Waals surface area contributed by atoms with E-state index in [1.165, 1.54) is 25.6 Å². The van der Waals surface area contributed by atoms with E-state index in [-0.39, 0.29) is 11.6 Å². The number of thioether (sulfide) groups is 1. The number of halogens is 1. The van der Waals surface area contributed by atoms with Crippen LogP contribution < -0.4 is 10.6 Å². The summed E-state index contributed by atoms with van der Waals surface area (Å²) in [5.41, 5.74) is 4.69. The third-order valence-electron chi connectivity index (χ3n) is 4.89. The molecule has 2 aliphatic heterocycles. The standard InChI is InChI=1S/C17H20FN7OS/c1-16(2,26)13-11(18)5-22-15(23-13)25-7-10-8-27-14(19)24-17(10,9-25)12-6-20-3-4-21-12/h3-6,10,26H,7-9H2,1-2H3,(H2,19,24). The van der Waals surface area contributed by atoms with Gasteiger partial charge >= 0.3 is 0 Å². The van der Waals surface area contributed by atoms with E-state index >= 15 is 0 Å². The third-order valence-corrected chi connectivity index (χ3v) is 5.85. The first-order valence-corrected chi connectivity index (χ1v) is 9.53. The van der Waals surface area contributed by atoms with E-state index in [1.807, 2.05) is 4.90 Å². The highest BCUT2D eigenvalue weighted by atomic mass is 32.2. The molecule has 8 nitrogen and oxygen atoms in total. The molecule has 2 unspecified atom stereocenters. The van der Waals surface area contributed by atoms with Crippen LogP contribution in [0, 0.1) is 11.7 Å². The highest BCUT2D eigenvalue weighted by Crippen LogP contribution is 2.45. The SMILES string of the molecule is CC(C)(O)c1nc(N2CC3CSC(N)=NC3(c3cnccn3)C2)ncc1F. The van der Waals surface area contributed by atoms with E-state index in [1.54, 1.807) is 18.6 Å². The van der Waals surface area contributed by atoms with Crippen molar-refractivity contribution in [3.05, 3.63) is 42.0 Å². The minimum Gasteiger partial charge on any atom is -0.384 e. The molecule has 2 aliphatic rings. The average Bonchev–Trinajstić information content (AvgIpc) is 3.02. The Morgan fingerprint density at radius 1 is 1.33 bits per heavy atom. The fourth-order valence-electron chi connectivity index (χ4n) is 3.60. The van der Waals surface area contributed by atoms with Crippen LogP contribution in [0.5, 0.6) is 0 Å². The topological polar surface area (TPSA) is 113 Å². The van der Waals surface area contributed by atoms with E-state index in [4.69, 9.17) is 10.7 Å². The molecule has 1 saturated heterocycles. The van der Waals surface area contributed by atoms with Gasteiger partial charge in [0.15, 0.2) is 11.0 Å². The van der Waals surface area contributed by atoms with Gasteiger partial charge in [-0.2, -0.15) is 0 Å². The van der Waals surface area contributed by atoms with Crippen molar-refractivity contribution in [1.82, 2.24) is 19.9 Å². The molecule has 0 aromatic carbocycles. The molecule has 4 heterocycles. The van der Waals surface area contributed by atoms with Gasteiger partial charge in [-0.15, -0.1) is 0 Å². The van der Waals surface area contributed by atoms with Crippen LogP contribution >= 0.6 is 11.8 Å². The van der Waals surface area contributed by atoms with Crippen molar-refractivity contribution in [3.63, 3.8) is 0 Å². The first-order valence-electron chi connectivity index (χ1n) is 8.54. The molecule has 0 bridgehead atoms. The summed E-state index contributed by atoms with van der Waals surface area (Å²) in [6.45, 7) is 4.06. The van der Waals surface area contributed by atoms with Crippen molar-refractivity contribution in [2.45, 2.75) is 25.0 Å². The molecule has 0 spiro atoms. The molecule has 0 aliphatic carbocycles. The van der Waals surface area contributed by atoms with Crippen molar-refractivity contribution in [1.29, 1.82) is 0 Å². The molecular weight excluding hydrogens is 369 g/mol. The summed E-state index contributed by atoms with van der Waals surface area (Å²) in [4.78, 5) is 23.8. The fourth-order valence-corrected chi connectivity index (χ4v) is 4.58.